The monoisotopic (exact) mass is 630 g/mol. The number of unbranched alkanes of at least 4 members (excludes halogenated alkanes) is 3. The third kappa shape index (κ3) is 18.8. The molecular formula is C39H66O6. The molecule has 258 valence electrons. The first-order valence-electron chi connectivity index (χ1n) is 17.8. The number of allylic oxidation sites excluding steroid dienone is 4. The Hall–Kier alpha value is -1.86. The minimum atomic E-state index is -0.233. The summed E-state index contributed by atoms with van der Waals surface area (Å²) in [6, 6.07) is 0. The van der Waals surface area contributed by atoms with Crippen molar-refractivity contribution in [2.24, 2.45) is 35.5 Å². The van der Waals surface area contributed by atoms with Crippen molar-refractivity contribution < 1.29 is 29.6 Å². The summed E-state index contributed by atoms with van der Waals surface area (Å²) in [5, 5.41) is 25.4. The topological polar surface area (TPSA) is 104 Å². The van der Waals surface area contributed by atoms with Crippen LogP contribution in [0.15, 0.2) is 48.1 Å². The van der Waals surface area contributed by atoms with Crippen LogP contribution in [0.4, 0.5) is 0 Å². The second kappa shape index (κ2) is 26.2. The van der Waals surface area contributed by atoms with Crippen LogP contribution < -0.4 is 0 Å². The highest BCUT2D eigenvalue weighted by atomic mass is 16.5. The van der Waals surface area contributed by atoms with E-state index in [9.17, 15) is 14.7 Å². The van der Waals surface area contributed by atoms with Gasteiger partial charge < -0.3 is 20.1 Å². The second-order valence-electron chi connectivity index (χ2n) is 13.7. The fourth-order valence-corrected chi connectivity index (χ4v) is 7.02. The molecule has 0 bridgehead atoms. The van der Waals surface area contributed by atoms with Crippen LogP contribution in [-0.2, 0) is 14.3 Å². The number of aliphatic hydroxyl groups excluding tert-OH is 3. The Balaban J connectivity index is 0.000000714. The van der Waals surface area contributed by atoms with Crippen molar-refractivity contribution in [1.29, 1.82) is 0 Å². The van der Waals surface area contributed by atoms with E-state index >= 15 is 0 Å². The van der Waals surface area contributed by atoms with Gasteiger partial charge in [0.05, 0.1) is 19.8 Å². The van der Waals surface area contributed by atoms with Gasteiger partial charge in [0.25, 0.3) is 0 Å². The molecule has 3 aliphatic carbocycles. The summed E-state index contributed by atoms with van der Waals surface area (Å²) in [6.07, 6.45) is 32.5. The lowest BCUT2D eigenvalue weighted by molar-refractivity contribution is -0.106. The Bertz CT molecular complexity index is 849. The van der Waals surface area contributed by atoms with Crippen LogP contribution in [0, 0.1) is 35.5 Å². The van der Waals surface area contributed by atoms with E-state index in [0.717, 1.165) is 36.0 Å². The molecule has 0 radical (unpaired) electrons. The zero-order chi connectivity index (χ0) is 33.3. The fraction of sp³-hybridized carbons (Fsp3) is 0.744. The number of hydrogen-bond donors (Lipinski definition) is 3. The highest BCUT2D eigenvalue weighted by molar-refractivity contribution is 5.72. The third-order valence-corrected chi connectivity index (χ3v) is 9.94. The summed E-state index contributed by atoms with van der Waals surface area (Å²) in [6.45, 7) is 9.16. The number of rotatable bonds is 19. The number of aldehydes is 2. The minimum Gasteiger partial charge on any atom is -0.396 e. The van der Waals surface area contributed by atoms with Crippen LogP contribution in [0.5, 0.6) is 0 Å². The van der Waals surface area contributed by atoms with E-state index in [-0.39, 0.29) is 31.0 Å². The maximum Gasteiger partial charge on any atom is 0.147 e. The molecule has 6 nitrogen and oxygen atoms in total. The van der Waals surface area contributed by atoms with Crippen LogP contribution in [0.25, 0.3) is 0 Å². The van der Waals surface area contributed by atoms with Crippen LogP contribution in [0.2, 0.25) is 0 Å². The van der Waals surface area contributed by atoms with Gasteiger partial charge >= 0.3 is 0 Å². The molecule has 3 aliphatic rings. The quantitative estimate of drug-likeness (QED) is 0.0760. The number of carbonyl (C=O) groups is 2. The standard InChI is InChI=1S/C31H54O2.2C4H6O2/c1-3-4-5-9-27-17-19-31-22-28(18-20-30(31)21-27)16-15-26-13-11-25(12-14-26)8-6-7-10-29(23-32)24-33-2;2*1-4(2-5)3-6/h17,19,21,25-26,28-32H,3-16,18,20,22-24H2,1-2H3;2*2,6H,1,3H2. The molecule has 4 atom stereocenters. The van der Waals surface area contributed by atoms with E-state index in [0.29, 0.717) is 25.1 Å². The van der Waals surface area contributed by atoms with Gasteiger partial charge in [-0.2, -0.15) is 0 Å². The summed E-state index contributed by atoms with van der Waals surface area (Å²) < 4.78 is 5.20. The molecule has 0 aromatic carbocycles. The first kappa shape index (κ1) is 41.2. The van der Waals surface area contributed by atoms with Crippen molar-refractivity contribution >= 4 is 12.6 Å². The molecule has 0 aliphatic heterocycles. The SMILES string of the molecule is C=C(C=O)CO.C=C(C=O)CO.CCCCCC1=CC2CCC(CCC3CCC(CCCCC(CO)COC)CC3)CC2C=C1. The smallest absolute Gasteiger partial charge is 0.147 e. The number of ether oxygens (including phenoxy) is 1. The van der Waals surface area contributed by atoms with E-state index in [2.05, 4.69) is 38.3 Å². The Morgan fingerprint density at radius 1 is 0.844 bits per heavy atom. The Labute approximate surface area is 275 Å². The highest BCUT2D eigenvalue weighted by Crippen LogP contribution is 2.42. The van der Waals surface area contributed by atoms with Gasteiger partial charge in [0.2, 0.25) is 0 Å². The van der Waals surface area contributed by atoms with Crippen molar-refractivity contribution in [2.75, 3.05) is 33.5 Å². The van der Waals surface area contributed by atoms with Crippen LogP contribution >= 0.6 is 0 Å². The highest BCUT2D eigenvalue weighted by Gasteiger charge is 2.30. The molecule has 2 fully saturated rings. The van der Waals surface area contributed by atoms with Gasteiger partial charge in [-0.15, -0.1) is 0 Å². The first-order valence-corrected chi connectivity index (χ1v) is 17.8. The summed E-state index contributed by atoms with van der Waals surface area (Å²) in [4.78, 5) is 19.0. The Morgan fingerprint density at radius 2 is 1.44 bits per heavy atom. The normalized spacial score (nSPS) is 24.5. The molecule has 0 aromatic heterocycles. The molecular weight excluding hydrogens is 564 g/mol. The molecule has 2 saturated carbocycles. The number of hydrogen-bond acceptors (Lipinski definition) is 6. The zero-order valence-corrected chi connectivity index (χ0v) is 28.7. The molecule has 4 unspecified atom stereocenters. The number of fused-ring (bicyclic) bond motifs is 1. The molecule has 45 heavy (non-hydrogen) atoms. The molecule has 0 heterocycles. The van der Waals surface area contributed by atoms with E-state index in [4.69, 9.17) is 14.9 Å². The Morgan fingerprint density at radius 3 is 1.98 bits per heavy atom. The third-order valence-electron chi connectivity index (χ3n) is 9.94. The second-order valence-corrected chi connectivity index (χ2v) is 13.7. The van der Waals surface area contributed by atoms with Crippen molar-refractivity contribution in [3.05, 3.63) is 48.1 Å². The van der Waals surface area contributed by atoms with E-state index < -0.39 is 0 Å². The largest absolute Gasteiger partial charge is 0.396 e. The minimum absolute atomic E-state index is 0.218. The van der Waals surface area contributed by atoms with E-state index in [1.807, 2.05) is 0 Å². The van der Waals surface area contributed by atoms with Crippen molar-refractivity contribution in [2.45, 2.75) is 116 Å². The average molecular weight is 631 g/mol. The van der Waals surface area contributed by atoms with Crippen LogP contribution in [-0.4, -0.2) is 61.4 Å². The van der Waals surface area contributed by atoms with Crippen molar-refractivity contribution in [3.8, 4) is 0 Å². The van der Waals surface area contributed by atoms with Crippen molar-refractivity contribution in [1.82, 2.24) is 0 Å². The summed E-state index contributed by atoms with van der Waals surface area (Å²) in [5.74, 6) is 4.98. The van der Waals surface area contributed by atoms with Crippen LogP contribution in [0.3, 0.4) is 0 Å². The number of methoxy groups -OCH3 is 1. The van der Waals surface area contributed by atoms with Gasteiger partial charge in [0.15, 0.2) is 0 Å². The predicted molar refractivity (Wildman–Crippen MR) is 186 cm³/mol. The summed E-state index contributed by atoms with van der Waals surface area (Å²) in [5.41, 5.74) is 2.06. The molecule has 0 saturated heterocycles. The van der Waals surface area contributed by atoms with Gasteiger partial charge in [0, 0.05) is 30.8 Å². The van der Waals surface area contributed by atoms with Gasteiger partial charge in [-0.1, -0.05) is 115 Å². The summed E-state index contributed by atoms with van der Waals surface area (Å²) in [7, 11) is 1.74. The van der Waals surface area contributed by atoms with E-state index in [1.165, 1.54) is 103 Å². The molecule has 0 amide bonds. The Kier molecular flexibility index (Phi) is 24.0. The molecule has 6 heteroatoms. The first-order chi connectivity index (χ1) is 21.8. The maximum atomic E-state index is 9.48. The van der Waals surface area contributed by atoms with Gasteiger partial charge in [-0.05, 0) is 68.1 Å². The van der Waals surface area contributed by atoms with Gasteiger partial charge in [-0.25, -0.2) is 0 Å². The number of carbonyl (C=O) groups excluding carboxylic acids is 2. The van der Waals surface area contributed by atoms with Crippen molar-refractivity contribution in [3.63, 3.8) is 0 Å². The average Bonchev–Trinajstić information content (AvgIpc) is 3.09. The number of aliphatic hydroxyl groups is 3. The lowest BCUT2D eigenvalue weighted by Crippen LogP contribution is -2.25. The lowest BCUT2D eigenvalue weighted by atomic mass is 9.69. The molecule has 3 N–H and O–H groups in total. The molecule has 0 spiro atoms. The predicted octanol–water partition coefficient (Wildman–Crippen LogP) is 7.96. The van der Waals surface area contributed by atoms with Gasteiger partial charge in [0.1, 0.15) is 12.6 Å². The zero-order valence-electron chi connectivity index (χ0n) is 28.7. The van der Waals surface area contributed by atoms with E-state index in [1.54, 1.807) is 12.7 Å². The fourth-order valence-electron chi connectivity index (χ4n) is 7.02. The molecule has 0 aromatic rings. The van der Waals surface area contributed by atoms with Gasteiger partial charge in [-0.3, -0.25) is 9.59 Å². The van der Waals surface area contributed by atoms with Crippen LogP contribution in [0.1, 0.15) is 116 Å². The summed E-state index contributed by atoms with van der Waals surface area (Å²) >= 11 is 0. The molecule has 3 rings (SSSR count). The lowest BCUT2D eigenvalue weighted by Gasteiger charge is -2.36. The maximum absolute atomic E-state index is 9.48.